The first kappa shape index (κ1) is 14.8. The van der Waals surface area contributed by atoms with Gasteiger partial charge in [-0.3, -0.25) is 9.80 Å². The fourth-order valence-electron chi connectivity index (χ4n) is 3.55. The Bertz CT molecular complexity index is 436. The molecule has 2 aliphatic rings. The summed E-state index contributed by atoms with van der Waals surface area (Å²) in [6, 6.07) is 9.89. The number of piperazine rings is 1. The van der Waals surface area contributed by atoms with Gasteiger partial charge in [0.1, 0.15) is 5.75 Å². The van der Waals surface area contributed by atoms with Crippen LogP contribution in [0.15, 0.2) is 24.3 Å². The first-order chi connectivity index (χ1) is 10.3. The molecule has 0 radical (unpaired) electrons. The van der Waals surface area contributed by atoms with Crippen LogP contribution in [0.5, 0.6) is 5.75 Å². The summed E-state index contributed by atoms with van der Waals surface area (Å²) < 4.78 is 5.25. The van der Waals surface area contributed by atoms with Crippen LogP contribution in [-0.4, -0.2) is 62.2 Å². The minimum atomic E-state index is 0.551. The summed E-state index contributed by atoms with van der Waals surface area (Å²) in [5.41, 5.74) is 1.41. The van der Waals surface area contributed by atoms with Gasteiger partial charge in [0.2, 0.25) is 0 Å². The van der Waals surface area contributed by atoms with Crippen molar-refractivity contribution in [1.29, 1.82) is 0 Å². The lowest BCUT2D eigenvalue weighted by molar-refractivity contribution is -0.00234. The van der Waals surface area contributed by atoms with E-state index in [1.165, 1.54) is 38.2 Å². The van der Waals surface area contributed by atoms with Gasteiger partial charge in [0.15, 0.2) is 0 Å². The van der Waals surface area contributed by atoms with Gasteiger partial charge in [0.25, 0.3) is 0 Å². The van der Waals surface area contributed by atoms with Crippen molar-refractivity contribution in [2.75, 3.05) is 46.4 Å². The van der Waals surface area contributed by atoms with Crippen molar-refractivity contribution in [3.8, 4) is 5.75 Å². The smallest absolute Gasteiger partial charge is 0.118 e. The van der Waals surface area contributed by atoms with Crippen LogP contribution in [0, 0.1) is 0 Å². The number of nitrogens with zero attached hydrogens (tertiary/aromatic N) is 2. The lowest BCUT2D eigenvalue weighted by Gasteiger charge is -2.50. The van der Waals surface area contributed by atoms with Gasteiger partial charge in [0.05, 0.1) is 7.11 Å². The number of benzene rings is 1. The van der Waals surface area contributed by atoms with Crippen molar-refractivity contribution in [1.82, 2.24) is 15.1 Å². The molecule has 2 aliphatic heterocycles. The van der Waals surface area contributed by atoms with Crippen LogP contribution in [-0.2, 0) is 0 Å². The van der Waals surface area contributed by atoms with Crippen LogP contribution in [0.25, 0.3) is 0 Å². The lowest BCUT2D eigenvalue weighted by Crippen LogP contribution is -2.63. The van der Waals surface area contributed by atoms with Crippen LogP contribution in [0.4, 0.5) is 0 Å². The average molecular weight is 289 g/mol. The molecule has 4 nitrogen and oxygen atoms in total. The molecule has 1 N–H and O–H groups in total. The highest BCUT2D eigenvalue weighted by atomic mass is 16.5. The topological polar surface area (TPSA) is 27.7 Å². The Kier molecular flexibility index (Phi) is 4.78. The van der Waals surface area contributed by atoms with E-state index in [0.29, 0.717) is 6.04 Å². The van der Waals surface area contributed by atoms with Crippen molar-refractivity contribution in [3.05, 3.63) is 29.8 Å². The Balaban J connectivity index is 1.57. The summed E-state index contributed by atoms with van der Waals surface area (Å²) in [5.74, 6) is 0.941. The molecule has 3 rings (SSSR count). The van der Waals surface area contributed by atoms with E-state index in [2.05, 4.69) is 46.3 Å². The van der Waals surface area contributed by atoms with Gasteiger partial charge in [-0.1, -0.05) is 19.1 Å². The van der Waals surface area contributed by atoms with Gasteiger partial charge in [0, 0.05) is 51.4 Å². The number of ether oxygens (including phenoxy) is 1. The highest BCUT2D eigenvalue weighted by Crippen LogP contribution is 2.31. The Morgan fingerprint density at radius 3 is 2.43 bits per heavy atom. The van der Waals surface area contributed by atoms with Gasteiger partial charge in [-0.2, -0.15) is 0 Å². The Hall–Kier alpha value is -1.10. The zero-order valence-electron chi connectivity index (χ0n) is 13.2. The summed E-state index contributed by atoms with van der Waals surface area (Å²) in [5, 5.41) is 3.43. The molecule has 1 aromatic rings. The number of nitrogens with one attached hydrogen (secondary N) is 1. The second-order valence-corrected chi connectivity index (χ2v) is 6.09. The normalized spacial score (nSPS) is 22.8. The molecule has 1 unspecified atom stereocenters. The molecule has 0 aromatic heterocycles. The molecule has 2 saturated heterocycles. The molecule has 0 saturated carbocycles. The maximum absolute atomic E-state index is 5.25. The molecule has 1 atom stereocenters. The van der Waals surface area contributed by atoms with Crippen molar-refractivity contribution >= 4 is 0 Å². The van der Waals surface area contributed by atoms with Gasteiger partial charge < -0.3 is 10.1 Å². The minimum absolute atomic E-state index is 0.551. The number of hydrogen-bond acceptors (Lipinski definition) is 4. The molecule has 0 spiro atoms. The van der Waals surface area contributed by atoms with Crippen molar-refractivity contribution in [3.63, 3.8) is 0 Å². The van der Waals surface area contributed by atoms with Gasteiger partial charge in [-0.05, 0) is 24.1 Å². The van der Waals surface area contributed by atoms with Gasteiger partial charge in [-0.25, -0.2) is 0 Å². The first-order valence-electron chi connectivity index (χ1n) is 8.14. The zero-order chi connectivity index (χ0) is 14.7. The molecular formula is C17H27N3O. The van der Waals surface area contributed by atoms with E-state index in [1.807, 2.05) is 0 Å². The second-order valence-electron chi connectivity index (χ2n) is 6.09. The standard InChI is InChI=1S/C17H27N3O/c1-3-17(14-4-6-16(21-2)7-5-14)20-12-15(13-20)19-10-8-18-9-11-19/h4-7,15,17-18H,3,8-13H2,1-2H3. The maximum Gasteiger partial charge on any atom is 0.118 e. The number of methoxy groups -OCH3 is 1. The highest BCUT2D eigenvalue weighted by molar-refractivity contribution is 5.29. The third-order valence-electron chi connectivity index (χ3n) is 4.89. The van der Waals surface area contributed by atoms with Crippen LogP contribution >= 0.6 is 0 Å². The van der Waals surface area contributed by atoms with E-state index in [9.17, 15) is 0 Å². The van der Waals surface area contributed by atoms with E-state index in [4.69, 9.17) is 4.74 Å². The average Bonchev–Trinajstić information content (AvgIpc) is 2.51. The van der Waals surface area contributed by atoms with E-state index < -0.39 is 0 Å². The molecule has 0 bridgehead atoms. The number of rotatable bonds is 5. The lowest BCUT2D eigenvalue weighted by atomic mass is 9.96. The molecule has 116 valence electrons. The maximum atomic E-state index is 5.25. The largest absolute Gasteiger partial charge is 0.497 e. The number of likely N-dealkylation sites (tertiary alicyclic amines) is 1. The van der Waals surface area contributed by atoms with Gasteiger partial charge in [-0.15, -0.1) is 0 Å². The monoisotopic (exact) mass is 289 g/mol. The van der Waals surface area contributed by atoms with E-state index in [1.54, 1.807) is 7.11 Å². The Labute approximate surface area is 128 Å². The molecule has 2 heterocycles. The van der Waals surface area contributed by atoms with Crippen LogP contribution in [0.3, 0.4) is 0 Å². The molecule has 21 heavy (non-hydrogen) atoms. The molecule has 1 aromatic carbocycles. The SMILES string of the molecule is CCC(c1ccc(OC)cc1)N1CC(N2CCNCC2)C1. The summed E-state index contributed by atoms with van der Waals surface area (Å²) in [6.07, 6.45) is 1.17. The van der Waals surface area contributed by atoms with Crippen LogP contribution in [0.2, 0.25) is 0 Å². The highest BCUT2D eigenvalue weighted by Gasteiger charge is 2.35. The summed E-state index contributed by atoms with van der Waals surface area (Å²) in [6.45, 7) is 9.41. The van der Waals surface area contributed by atoms with Crippen molar-refractivity contribution in [2.45, 2.75) is 25.4 Å². The van der Waals surface area contributed by atoms with Crippen molar-refractivity contribution in [2.24, 2.45) is 0 Å². The third kappa shape index (κ3) is 3.23. The molecular weight excluding hydrogens is 262 g/mol. The second kappa shape index (κ2) is 6.77. The molecule has 0 amide bonds. The van der Waals surface area contributed by atoms with Crippen molar-refractivity contribution < 1.29 is 4.74 Å². The summed E-state index contributed by atoms with van der Waals surface area (Å²) in [7, 11) is 1.72. The number of hydrogen-bond donors (Lipinski definition) is 1. The predicted molar refractivity (Wildman–Crippen MR) is 85.8 cm³/mol. The van der Waals surface area contributed by atoms with Gasteiger partial charge >= 0.3 is 0 Å². The zero-order valence-corrected chi connectivity index (χ0v) is 13.2. The van der Waals surface area contributed by atoms with E-state index in [-0.39, 0.29) is 0 Å². The third-order valence-corrected chi connectivity index (χ3v) is 4.89. The quantitative estimate of drug-likeness (QED) is 0.893. The fourth-order valence-corrected chi connectivity index (χ4v) is 3.55. The summed E-state index contributed by atoms with van der Waals surface area (Å²) >= 11 is 0. The predicted octanol–water partition coefficient (Wildman–Crippen LogP) is 1.74. The Morgan fingerprint density at radius 1 is 1.19 bits per heavy atom. The van der Waals surface area contributed by atoms with E-state index in [0.717, 1.165) is 24.9 Å². The first-order valence-corrected chi connectivity index (χ1v) is 8.14. The minimum Gasteiger partial charge on any atom is -0.497 e. The molecule has 0 aliphatic carbocycles. The summed E-state index contributed by atoms with van der Waals surface area (Å²) in [4.78, 5) is 5.27. The molecule has 2 fully saturated rings. The van der Waals surface area contributed by atoms with E-state index >= 15 is 0 Å². The molecule has 4 heteroatoms. The fraction of sp³-hybridized carbons (Fsp3) is 0.647. The van der Waals surface area contributed by atoms with Crippen LogP contribution < -0.4 is 10.1 Å². The Morgan fingerprint density at radius 2 is 1.86 bits per heavy atom. The van der Waals surface area contributed by atoms with Crippen LogP contribution in [0.1, 0.15) is 24.9 Å².